The van der Waals surface area contributed by atoms with E-state index < -0.39 is 5.60 Å². The fourth-order valence-electron chi connectivity index (χ4n) is 2.15. The van der Waals surface area contributed by atoms with Crippen LogP contribution in [0.15, 0.2) is 0 Å². The molecule has 1 atom stereocenters. The molecule has 0 fully saturated rings. The van der Waals surface area contributed by atoms with Crippen LogP contribution in [0.25, 0.3) is 0 Å². The van der Waals surface area contributed by atoms with Crippen LogP contribution >= 0.6 is 0 Å². The number of hydrogen-bond donors (Lipinski definition) is 1. The molecule has 0 aromatic rings. The zero-order chi connectivity index (χ0) is 9.61. The van der Waals surface area contributed by atoms with Crippen molar-refractivity contribution < 1.29 is 5.11 Å². The molecule has 12 heavy (non-hydrogen) atoms. The zero-order valence-corrected chi connectivity index (χ0v) is 9.06. The summed E-state index contributed by atoms with van der Waals surface area (Å²) in [5.74, 6) is 0.488. The first kappa shape index (κ1) is 12.0. The van der Waals surface area contributed by atoms with Gasteiger partial charge < -0.3 is 5.11 Å². The summed E-state index contributed by atoms with van der Waals surface area (Å²) >= 11 is 0. The van der Waals surface area contributed by atoms with Crippen molar-refractivity contribution in [3.8, 4) is 0 Å². The molecular formula is C11H24O. The molecule has 0 spiro atoms. The highest BCUT2D eigenvalue weighted by molar-refractivity contribution is 4.83. The Bertz CT molecular complexity index is 108. The average molecular weight is 172 g/mol. The van der Waals surface area contributed by atoms with Gasteiger partial charge in [-0.1, -0.05) is 47.0 Å². The van der Waals surface area contributed by atoms with E-state index in [1.807, 2.05) is 0 Å². The molecule has 0 aliphatic carbocycles. The number of rotatable bonds is 6. The van der Waals surface area contributed by atoms with Gasteiger partial charge in [-0.3, -0.25) is 0 Å². The van der Waals surface area contributed by atoms with E-state index in [4.69, 9.17) is 0 Å². The minimum atomic E-state index is -0.391. The van der Waals surface area contributed by atoms with Crippen molar-refractivity contribution in [1.82, 2.24) is 0 Å². The van der Waals surface area contributed by atoms with E-state index in [1.165, 1.54) is 0 Å². The van der Waals surface area contributed by atoms with E-state index in [2.05, 4.69) is 27.7 Å². The third-order valence-electron chi connectivity index (χ3n) is 3.04. The normalized spacial score (nSPS) is 16.5. The van der Waals surface area contributed by atoms with Crippen LogP contribution in [0.2, 0.25) is 0 Å². The Morgan fingerprint density at radius 2 is 1.58 bits per heavy atom. The monoisotopic (exact) mass is 172 g/mol. The van der Waals surface area contributed by atoms with Crippen molar-refractivity contribution in [3.63, 3.8) is 0 Å². The molecule has 0 saturated heterocycles. The van der Waals surface area contributed by atoms with Crippen LogP contribution < -0.4 is 0 Å². The van der Waals surface area contributed by atoms with E-state index in [0.717, 1.165) is 32.1 Å². The Morgan fingerprint density at radius 1 is 1.08 bits per heavy atom. The molecule has 0 bridgehead atoms. The van der Waals surface area contributed by atoms with Crippen molar-refractivity contribution in [2.45, 2.75) is 65.4 Å². The fraction of sp³-hybridized carbons (Fsp3) is 1.00. The molecule has 1 heteroatoms. The molecule has 0 aliphatic rings. The molecule has 1 nitrogen and oxygen atoms in total. The Hall–Kier alpha value is -0.0400. The van der Waals surface area contributed by atoms with Crippen LogP contribution in [-0.2, 0) is 0 Å². The van der Waals surface area contributed by atoms with Crippen molar-refractivity contribution in [2.24, 2.45) is 5.92 Å². The molecule has 1 unspecified atom stereocenters. The van der Waals surface area contributed by atoms with Gasteiger partial charge in [0.2, 0.25) is 0 Å². The predicted molar refractivity (Wildman–Crippen MR) is 54.2 cm³/mol. The van der Waals surface area contributed by atoms with Crippen LogP contribution in [-0.4, -0.2) is 10.7 Å². The highest BCUT2D eigenvalue weighted by Crippen LogP contribution is 2.31. The van der Waals surface area contributed by atoms with Gasteiger partial charge in [-0.25, -0.2) is 0 Å². The summed E-state index contributed by atoms with van der Waals surface area (Å²) in [5.41, 5.74) is -0.391. The van der Waals surface area contributed by atoms with Crippen LogP contribution in [0.4, 0.5) is 0 Å². The van der Waals surface area contributed by atoms with Gasteiger partial charge in [0.25, 0.3) is 0 Å². The zero-order valence-electron chi connectivity index (χ0n) is 9.06. The third-order valence-corrected chi connectivity index (χ3v) is 3.04. The summed E-state index contributed by atoms with van der Waals surface area (Å²) in [7, 11) is 0. The topological polar surface area (TPSA) is 20.2 Å². The van der Waals surface area contributed by atoms with Crippen LogP contribution in [0.1, 0.15) is 59.8 Å². The summed E-state index contributed by atoms with van der Waals surface area (Å²) in [6, 6.07) is 0. The quantitative estimate of drug-likeness (QED) is 0.651. The van der Waals surface area contributed by atoms with Gasteiger partial charge in [-0.15, -0.1) is 0 Å². The van der Waals surface area contributed by atoms with E-state index in [9.17, 15) is 5.11 Å². The lowest BCUT2D eigenvalue weighted by Crippen LogP contribution is -2.36. The maximum absolute atomic E-state index is 10.3. The minimum Gasteiger partial charge on any atom is -0.390 e. The maximum atomic E-state index is 10.3. The minimum absolute atomic E-state index is 0.391. The van der Waals surface area contributed by atoms with E-state index in [-0.39, 0.29) is 0 Å². The molecule has 0 heterocycles. The first-order chi connectivity index (χ1) is 5.64. The molecule has 0 aromatic carbocycles. The molecule has 1 N–H and O–H groups in total. The summed E-state index contributed by atoms with van der Waals surface area (Å²) in [5, 5.41) is 10.3. The van der Waals surface area contributed by atoms with E-state index in [1.54, 1.807) is 0 Å². The van der Waals surface area contributed by atoms with Gasteiger partial charge in [0.15, 0.2) is 0 Å². The molecule has 0 saturated carbocycles. The fourth-order valence-corrected chi connectivity index (χ4v) is 2.15. The van der Waals surface area contributed by atoms with Crippen molar-refractivity contribution in [3.05, 3.63) is 0 Å². The van der Waals surface area contributed by atoms with Gasteiger partial charge in [0.1, 0.15) is 0 Å². The maximum Gasteiger partial charge on any atom is 0.0672 e. The second kappa shape index (κ2) is 5.58. The van der Waals surface area contributed by atoms with Crippen molar-refractivity contribution >= 4 is 0 Å². The second-order valence-electron chi connectivity index (χ2n) is 3.72. The molecule has 0 radical (unpaired) electrons. The SMILES string of the molecule is CCCC(O)(CC)C(CC)CC. The Kier molecular flexibility index (Phi) is 5.56. The van der Waals surface area contributed by atoms with Crippen LogP contribution in [0.3, 0.4) is 0 Å². The highest BCUT2D eigenvalue weighted by atomic mass is 16.3. The van der Waals surface area contributed by atoms with Crippen LogP contribution in [0, 0.1) is 5.92 Å². The lowest BCUT2D eigenvalue weighted by atomic mass is 9.78. The first-order valence-electron chi connectivity index (χ1n) is 5.36. The molecule has 0 aliphatic heterocycles. The summed E-state index contributed by atoms with van der Waals surface area (Å²) in [6.45, 7) is 8.58. The molecule has 74 valence electrons. The smallest absolute Gasteiger partial charge is 0.0672 e. The Morgan fingerprint density at radius 3 is 1.83 bits per heavy atom. The molecule has 0 rings (SSSR count). The van der Waals surface area contributed by atoms with Crippen molar-refractivity contribution in [1.29, 1.82) is 0 Å². The molecule has 0 aromatic heterocycles. The predicted octanol–water partition coefficient (Wildman–Crippen LogP) is 3.36. The summed E-state index contributed by atoms with van der Waals surface area (Å²) in [6.07, 6.45) is 5.13. The van der Waals surface area contributed by atoms with Gasteiger partial charge in [0, 0.05) is 0 Å². The lowest BCUT2D eigenvalue weighted by Gasteiger charge is -2.34. The second-order valence-corrected chi connectivity index (χ2v) is 3.72. The Labute approximate surface area is 77.2 Å². The molecular weight excluding hydrogens is 148 g/mol. The van der Waals surface area contributed by atoms with Gasteiger partial charge in [0.05, 0.1) is 5.60 Å². The summed E-state index contributed by atoms with van der Waals surface area (Å²) in [4.78, 5) is 0. The van der Waals surface area contributed by atoms with Gasteiger partial charge >= 0.3 is 0 Å². The van der Waals surface area contributed by atoms with E-state index >= 15 is 0 Å². The number of aliphatic hydroxyl groups is 1. The highest BCUT2D eigenvalue weighted by Gasteiger charge is 2.31. The largest absolute Gasteiger partial charge is 0.390 e. The average Bonchev–Trinajstić information content (AvgIpc) is 2.07. The van der Waals surface area contributed by atoms with Gasteiger partial charge in [-0.2, -0.15) is 0 Å². The first-order valence-corrected chi connectivity index (χ1v) is 5.36. The Balaban J connectivity index is 4.24. The third kappa shape index (κ3) is 2.78. The van der Waals surface area contributed by atoms with Gasteiger partial charge in [-0.05, 0) is 18.8 Å². The lowest BCUT2D eigenvalue weighted by molar-refractivity contribution is -0.0334. The van der Waals surface area contributed by atoms with E-state index in [0.29, 0.717) is 5.92 Å². The van der Waals surface area contributed by atoms with Crippen LogP contribution in [0.5, 0.6) is 0 Å². The number of hydrogen-bond acceptors (Lipinski definition) is 1. The summed E-state index contributed by atoms with van der Waals surface area (Å²) < 4.78 is 0. The standard InChI is InChI=1S/C11H24O/c1-5-9-11(12,8-4)10(6-2)7-3/h10,12H,5-9H2,1-4H3. The van der Waals surface area contributed by atoms with Crippen molar-refractivity contribution in [2.75, 3.05) is 0 Å². The molecule has 0 amide bonds.